The standard InChI is InChI=1S/C12H20N4/c1-9-4-6-16(11(7-9)8-13)12-3-5-14-10(2)15-12/h3,5,9,11H,4,6-8,13H2,1-2H3. The predicted octanol–water partition coefficient (Wildman–Crippen LogP) is 1.35. The van der Waals surface area contributed by atoms with Crippen molar-refractivity contribution < 1.29 is 0 Å². The summed E-state index contributed by atoms with van der Waals surface area (Å²) >= 11 is 0. The third kappa shape index (κ3) is 2.32. The Kier molecular flexibility index (Phi) is 3.39. The lowest BCUT2D eigenvalue weighted by atomic mass is 9.92. The normalized spacial score (nSPS) is 25.8. The molecule has 2 unspecified atom stereocenters. The molecule has 4 heteroatoms. The molecule has 0 aromatic carbocycles. The number of anilines is 1. The van der Waals surface area contributed by atoms with Crippen molar-refractivity contribution in [1.82, 2.24) is 9.97 Å². The highest BCUT2D eigenvalue weighted by Crippen LogP contribution is 2.25. The van der Waals surface area contributed by atoms with E-state index < -0.39 is 0 Å². The van der Waals surface area contributed by atoms with E-state index in [2.05, 4.69) is 21.8 Å². The highest BCUT2D eigenvalue weighted by atomic mass is 15.2. The molecular formula is C12H20N4. The molecule has 1 saturated heterocycles. The van der Waals surface area contributed by atoms with Gasteiger partial charge >= 0.3 is 0 Å². The van der Waals surface area contributed by atoms with Crippen LogP contribution in [-0.4, -0.2) is 29.1 Å². The van der Waals surface area contributed by atoms with E-state index in [1.165, 1.54) is 12.8 Å². The SMILES string of the molecule is Cc1nccc(N2CCC(C)CC2CN)n1. The van der Waals surface area contributed by atoms with E-state index in [0.29, 0.717) is 12.6 Å². The average Bonchev–Trinajstić information content (AvgIpc) is 2.28. The van der Waals surface area contributed by atoms with Gasteiger partial charge in [-0.2, -0.15) is 0 Å². The van der Waals surface area contributed by atoms with Crippen LogP contribution in [0.4, 0.5) is 5.82 Å². The first-order chi connectivity index (χ1) is 7.70. The first-order valence-electron chi connectivity index (χ1n) is 5.97. The fourth-order valence-corrected chi connectivity index (χ4v) is 2.38. The monoisotopic (exact) mass is 220 g/mol. The van der Waals surface area contributed by atoms with Crippen LogP contribution in [0.1, 0.15) is 25.6 Å². The molecular weight excluding hydrogens is 200 g/mol. The number of hydrogen-bond acceptors (Lipinski definition) is 4. The van der Waals surface area contributed by atoms with Crippen LogP contribution in [0.15, 0.2) is 12.3 Å². The van der Waals surface area contributed by atoms with Crippen molar-refractivity contribution in [2.75, 3.05) is 18.0 Å². The number of aryl methyl sites for hydroxylation is 1. The minimum Gasteiger partial charge on any atom is -0.352 e. The van der Waals surface area contributed by atoms with E-state index in [1.807, 2.05) is 19.2 Å². The van der Waals surface area contributed by atoms with Crippen LogP contribution < -0.4 is 10.6 Å². The summed E-state index contributed by atoms with van der Waals surface area (Å²) in [5.41, 5.74) is 5.85. The first-order valence-corrected chi connectivity index (χ1v) is 5.97. The fraction of sp³-hybridized carbons (Fsp3) is 0.667. The van der Waals surface area contributed by atoms with Gasteiger partial charge in [0.2, 0.25) is 0 Å². The predicted molar refractivity (Wildman–Crippen MR) is 65.4 cm³/mol. The largest absolute Gasteiger partial charge is 0.352 e. The summed E-state index contributed by atoms with van der Waals surface area (Å²) in [4.78, 5) is 10.9. The Morgan fingerprint density at radius 2 is 2.38 bits per heavy atom. The molecule has 4 nitrogen and oxygen atoms in total. The van der Waals surface area contributed by atoms with Gasteiger partial charge in [-0.15, -0.1) is 0 Å². The molecule has 0 radical (unpaired) electrons. The van der Waals surface area contributed by atoms with Gasteiger partial charge in [-0.05, 0) is 31.7 Å². The van der Waals surface area contributed by atoms with Crippen molar-refractivity contribution in [1.29, 1.82) is 0 Å². The molecule has 0 amide bonds. The third-order valence-corrected chi connectivity index (χ3v) is 3.31. The number of rotatable bonds is 2. The van der Waals surface area contributed by atoms with Crippen molar-refractivity contribution in [3.05, 3.63) is 18.1 Å². The Balaban J connectivity index is 2.19. The van der Waals surface area contributed by atoms with Gasteiger partial charge in [0.1, 0.15) is 11.6 Å². The van der Waals surface area contributed by atoms with Crippen LogP contribution in [0.2, 0.25) is 0 Å². The maximum absolute atomic E-state index is 5.85. The average molecular weight is 220 g/mol. The molecule has 0 spiro atoms. The summed E-state index contributed by atoms with van der Waals surface area (Å²) in [6.07, 6.45) is 4.21. The number of piperidine rings is 1. The minimum absolute atomic E-state index is 0.429. The van der Waals surface area contributed by atoms with Gasteiger partial charge in [0.15, 0.2) is 0 Å². The van der Waals surface area contributed by atoms with E-state index >= 15 is 0 Å². The van der Waals surface area contributed by atoms with E-state index in [0.717, 1.165) is 24.1 Å². The summed E-state index contributed by atoms with van der Waals surface area (Å²) in [6, 6.07) is 2.41. The van der Waals surface area contributed by atoms with Crippen LogP contribution in [0, 0.1) is 12.8 Å². The Labute approximate surface area is 96.9 Å². The van der Waals surface area contributed by atoms with Crippen molar-refractivity contribution >= 4 is 5.82 Å². The molecule has 0 bridgehead atoms. The summed E-state index contributed by atoms with van der Waals surface area (Å²) < 4.78 is 0. The molecule has 1 aromatic rings. The Morgan fingerprint density at radius 1 is 1.56 bits per heavy atom. The molecule has 1 aliphatic heterocycles. The lowest BCUT2D eigenvalue weighted by Crippen LogP contribution is -2.46. The zero-order chi connectivity index (χ0) is 11.5. The van der Waals surface area contributed by atoms with Gasteiger partial charge in [-0.3, -0.25) is 0 Å². The van der Waals surface area contributed by atoms with Gasteiger partial charge in [-0.25, -0.2) is 9.97 Å². The van der Waals surface area contributed by atoms with Crippen LogP contribution in [0.5, 0.6) is 0 Å². The molecule has 2 N–H and O–H groups in total. The quantitative estimate of drug-likeness (QED) is 0.817. The Hall–Kier alpha value is -1.16. The maximum Gasteiger partial charge on any atom is 0.132 e. The van der Waals surface area contributed by atoms with Crippen LogP contribution in [0.3, 0.4) is 0 Å². The maximum atomic E-state index is 5.85. The number of hydrogen-bond donors (Lipinski definition) is 1. The molecule has 1 aliphatic rings. The van der Waals surface area contributed by atoms with E-state index in [9.17, 15) is 0 Å². The fourth-order valence-electron chi connectivity index (χ4n) is 2.38. The van der Waals surface area contributed by atoms with Crippen molar-refractivity contribution in [2.24, 2.45) is 11.7 Å². The smallest absolute Gasteiger partial charge is 0.132 e. The van der Waals surface area contributed by atoms with E-state index in [-0.39, 0.29) is 0 Å². The van der Waals surface area contributed by atoms with Gasteiger partial charge < -0.3 is 10.6 Å². The highest BCUT2D eigenvalue weighted by molar-refractivity contribution is 5.39. The molecule has 2 atom stereocenters. The minimum atomic E-state index is 0.429. The summed E-state index contributed by atoms with van der Waals surface area (Å²) in [5.74, 6) is 2.62. The van der Waals surface area contributed by atoms with Crippen molar-refractivity contribution in [2.45, 2.75) is 32.7 Å². The molecule has 0 aliphatic carbocycles. The van der Waals surface area contributed by atoms with Crippen LogP contribution in [0.25, 0.3) is 0 Å². The van der Waals surface area contributed by atoms with Crippen LogP contribution >= 0.6 is 0 Å². The summed E-state index contributed by atoms with van der Waals surface area (Å²) in [5, 5.41) is 0. The number of aromatic nitrogens is 2. The van der Waals surface area contributed by atoms with E-state index in [4.69, 9.17) is 5.73 Å². The summed E-state index contributed by atoms with van der Waals surface area (Å²) in [6.45, 7) is 5.98. The second kappa shape index (κ2) is 4.78. The van der Waals surface area contributed by atoms with Crippen LogP contribution in [-0.2, 0) is 0 Å². The second-order valence-electron chi connectivity index (χ2n) is 4.67. The second-order valence-corrected chi connectivity index (χ2v) is 4.67. The topological polar surface area (TPSA) is 55.0 Å². The van der Waals surface area contributed by atoms with Gasteiger partial charge in [-0.1, -0.05) is 6.92 Å². The Morgan fingerprint density at radius 3 is 3.06 bits per heavy atom. The lowest BCUT2D eigenvalue weighted by molar-refractivity contribution is 0.364. The molecule has 2 rings (SSSR count). The molecule has 2 heterocycles. The third-order valence-electron chi connectivity index (χ3n) is 3.31. The first kappa shape index (κ1) is 11.3. The lowest BCUT2D eigenvalue weighted by Gasteiger charge is -2.38. The molecule has 0 saturated carbocycles. The highest BCUT2D eigenvalue weighted by Gasteiger charge is 2.26. The number of nitrogens with two attached hydrogens (primary N) is 1. The number of nitrogens with zero attached hydrogens (tertiary/aromatic N) is 3. The molecule has 88 valence electrons. The van der Waals surface area contributed by atoms with Gasteiger partial charge in [0.05, 0.1) is 0 Å². The zero-order valence-corrected chi connectivity index (χ0v) is 10.1. The van der Waals surface area contributed by atoms with E-state index in [1.54, 1.807) is 0 Å². The summed E-state index contributed by atoms with van der Waals surface area (Å²) in [7, 11) is 0. The molecule has 1 fully saturated rings. The van der Waals surface area contributed by atoms with Gasteiger partial charge in [0, 0.05) is 25.3 Å². The molecule has 16 heavy (non-hydrogen) atoms. The van der Waals surface area contributed by atoms with Gasteiger partial charge in [0.25, 0.3) is 0 Å². The zero-order valence-electron chi connectivity index (χ0n) is 10.1. The molecule has 1 aromatic heterocycles. The van der Waals surface area contributed by atoms with Crippen molar-refractivity contribution in [3.63, 3.8) is 0 Å². The van der Waals surface area contributed by atoms with Crippen molar-refractivity contribution in [3.8, 4) is 0 Å². The Bertz CT molecular complexity index is 353.